The van der Waals surface area contributed by atoms with Crippen LogP contribution in [0.15, 0.2) is 0 Å². The Labute approximate surface area is 71.7 Å². The van der Waals surface area contributed by atoms with Crippen molar-refractivity contribution in [2.24, 2.45) is 17.2 Å². The Kier molecular flexibility index (Phi) is 6.17. The molecule has 6 heteroatoms. The van der Waals surface area contributed by atoms with Gasteiger partial charge in [0, 0.05) is 6.54 Å². The van der Waals surface area contributed by atoms with Gasteiger partial charge in [0.15, 0.2) is 0 Å². The normalized spacial score (nSPS) is 18.8. The first-order valence-corrected chi connectivity index (χ1v) is 3.87. The zero-order valence-electron chi connectivity index (χ0n) is 6.98. The Morgan fingerprint density at radius 2 is 1.75 bits per heavy atom. The molecule has 0 spiro atoms. The van der Waals surface area contributed by atoms with Crippen LogP contribution in [0.3, 0.4) is 0 Å². The highest BCUT2D eigenvalue weighted by Gasteiger charge is 2.08. The highest BCUT2D eigenvalue weighted by Crippen LogP contribution is 1.82. The molecule has 0 aromatic heterocycles. The molecule has 0 aliphatic heterocycles. The van der Waals surface area contributed by atoms with Gasteiger partial charge in [-0.1, -0.05) is 0 Å². The number of nitrogens with one attached hydrogen (secondary N) is 1. The molecule has 0 amide bonds. The van der Waals surface area contributed by atoms with E-state index in [1.807, 2.05) is 0 Å². The average Bonchev–Trinajstić information content (AvgIpc) is 1.97. The van der Waals surface area contributed by atoms with E-state index in [0.717, 1.165) is 0 Å². The third kappa shape index (κ3) is 6.47. The van der Waals surface area contributed by atoms with Gasteiger partial charge in [-0.3, -0.25) is 0 Å². The van der Waals surface area contributed by atoms with Gasteiger partial charge in [0.1, 0.15) is 12.5 Å². The number of rotatable bonds is 6. The van der Waals surface area contributed by atoms with Crippen LogP contribution >= 0.6 is 0 Å². The predicted molar refractivity (Wildman–Crippen MR) is 45.9 cm³/mol. The Morgan fingerprint density at radius 1 is 1.17 bits per heavy atom. The van der Waals surface area contributed by atoms with E-state index in [4.69, 9.17) is 27.4 Å². The van der Waals surface area contributed by atoms with E-state index in [1.54, 1.807) is 0 Å². The zero-order valence-corrected chi connectivity index (χ0v) is 6.98. The van der Waals surface area contributed by atoms with E-state index in [9.17, 15) is 0 Å². The Hall–Kier alpha value is -0.240. The number of aliphatic hydroxyl groups excluding tert-OH is 2. The summed E-state index contributed by atoms with van der Waals surface area (Å²) in [7, 11) is 0. The van der Waals surface area contributed by atoms with Gasteiger partial charge in [0.05, 0.1) is 6.04 Å². The van der Waals surface area contributed by atoms with Crippen molar-refractivity contribution in [3.63, 3.8) is 0 Å². The van der Waals surface area contributed by atoms with Crippen molar-refractivity contribution < 1.29 is 10.2 Å². The zero-order chi connectivity index (χ0) is 9.56. The minimum absolute atomic E-state index is 0.407. The summed E-state index contributed by atoms with van der Waals surface area (Å²) in [6, 6.07) is -0.486. The SMILES string of the molecule is NC(O)CCNC[C@H](N)C(N)O. The molecule has 0 saturated carbocycles. The van der Waals surface area contributed by atoms with Crippen molar-refractivity contribution in [1.29, 1.82) is 0 Å². The maximum Gasteiger partial charge on any atom is 0.118 e. The summed E-state index contributed by atoms with van der Waals surface area (Å²) in [5.74, 6) is 0. The van der Waals surface area contributed by atoms with Crippen molar-refractivity contribution in [2.75, 3.05) is 13.1 Å². The topological polar surface area (TPSA) is 131 Å². The van der Waals surface area contributed by atoms with Crippen molar-refractivity contribution in [1.82, 2.24) is 5.32 Å². The molecule has 0 bridgehead atoms. The van der Waals surface area contributed by atoms with E-state index in [2.05, 4.69) is 5.32 Å². The van der Waals surface area contributed by atoms with E-state index in [1.165, 1.54) is 0 Å². The van der Waals surface area contributed by atoms with E-state index < -0.39 is 18.5 Å². The second-order valence-electron chi connectivity index (χ2n) is 2.71. The predicted octanol–water partition coefficient (Wildman–Crippen LogP) is -3.15. The molecular formula is C6H18N4O2. The lowest BCUT2D eigenvalue weighted by Gasteiger charge is -2.15. The van der Waals surface area contributed by atoms with Crippen LogP contribution in [0.1, 0.15) is 6.42 Å². The van der Waals surface area contributed by atoms with Crippen LogP contribution in [-0.4, -0.2) is 41.8 Å². The number of hydrogen-bond donors (Lipinski definition) is 6. The van der Waals surface area contributed by atoms with Crippen molar-refractivity contribution >= 4 is 0 Å². The molecule has 0 aromatic rings. The molecule has 6 nitrogen and oxygen atoms in total. The minimum Gasteiger partial charge on any atom is -0.379 e. The van der Waals surface area contributed by atoms with Gasteiger partial charge in [0.25, 0.3) is 0 Å². The summed E-state index contributed by atoms with van der Waals surface area (Å²) in [6.07, 6.45) is -1.37. The second-order valence-corrected chi connectivity index (χ2v) is 2.71. The smallest absolute Gasteiger partial charge is 0.118 e. The summed E-state index contributed by atoms with van der Waals surface area (Å²) in [4.78, 5) is 0. The molecule has 0 aromatic carbocycles. The lowest BCUT2D eigenvalue weighted by Crippen LogP contribution is -2.48. The monoisotopic (exact) mass is 178 g/mol. The summed E-state index contributed by atoms with van der Waals surface area (Å²) in [6.45, 7) is 0.961. The number of aliphatic hydroxyl groups is 2. The van der Waals surface area contributed by atoms with Crippen molar-refractivity contribution in [3.8, 4) is 0 Å². The standard InChI is InChI=1S/C6H18N4O2/c7-4(6(9)12)3-10-2-1-5(8)11/h4-6,10-12H,1-3,7-9H2/t4-,5?,6?/m0/s1. The van der Waals surface area contributed by atoms with Crippen molar-refractivity contribution in [3.05, 3.63) is 0 Å². The van der Waals surface area contributed by atoms with E-state index in [-0.39, 0.29) is 0 Å². The lowest BCUT2D eigenvalue weighted by molar-refractivity contribution is 0.147. The van der Waals surface area contributed by atoms with Crippen LogP contribution in [0.4, 0.5) is 0 Å². The van der Waals surface area contributed by atoms with Crippen LogP contribution in [0.5, 0.6) is 0 Å². The molecule has 0 fully saturated rings. The molecule has 9 N–H and O–H groups in total. The minimum atomic E-state index is -1.01. The fourth-order valence-corrected chi connectivity index (χ4v) is 0.639. The molecule has 0 aliphatic carbocycles. The molecule has 74 valence electrons. The third-order valence-electron chi connectivity index (χ3n) is 1.44. The maximum atomic E-state index is 8.77. The van der Waals surface area contributed by atoms with Gasteiger partial charge in [0.2, 0.25) is 0 Å². The molecule has 0 rings (SSSR count). The summed E-state index contributed by atoms with van der Waals surface area (Å²) in [5, 5.41) is 20.3. The van der Waals surface area contributed by atoms with Crippen LogP contribution < -0.4 is 22.5 Å². The molecule has 0 heterocycles. The van der Waals surface area contributed by atoms with Crippen molar-refractivity contribution in [2.45, 2.75) is 24.9 Å². The summed E-state index contributed by atoms with van der Waals surface area (Å²) >= 11 is 0. The average molecular weight is 178 g/mol. The maximum absolute atomic E-state index is 8.77. The van der Waals surface area contributed by atoms with E-state index >= 15 is 0 Å². The fourth-order valence-electron chi connectivity index (χ4n) is 0.639. The van der Waals surface area contributed by atoms with Gasteiger partial charge >= 0.3 is 0 Å². The van der Waals surface area contributed by atoms with Crippen LogP contribution in [0.2, 0.25) is 0 Å². The molecule has 0 saturated heterocycles. The van der Waals surface area contributed by atoms with Crippen LogP contribution in [0.25, 0.3) is 0 Å². The Morgan fingerprint density at radius 3 is 2.17 bits per heavy atom. The first-order chi connectivity index (χ1) is 5.54. The quantitative estimate of drug-likeness (QED) is 0.188. The first kappa shape index (κ1) is 11.8. The van der Waals surface area contributed by atoms with Crippen LogP contribution in [-0.2, 0) is 0 Å². The Balaban J connectivity index is 3.20. The van der Waals surface area contributed by atoms with Gasteiger partial charge in [-0.25, -0.2) is 0 Å². The number of hydrogen-bond acceptors (Lipinski definition) is 6. The molecule has 2 unspecified atom stereocenters. The van der Waals surface area contributed by atoms with Gasteiger partial charge in [-0.15, -0.1) is 0 Å². The first-order valence-electron chi connectivity index (χ1n) is 3.87. The van der Waals surface area contributed by atoms with Gasteiger partial charge in [-0.2, -0.15) is 0 Å². The highest BCUT2D eigenvalue weighted by atomic mass is 16.3. The Bertz CT molecular complexity index is 110. The molecule has 0 aliphatic rings. The fraction of sp³-hybridized carbons (Fsp3) is 1.00. The molecule has 12 heavy (non-hydrogen) atoms. The third-order valence-corrected chi connectivity index (χ3v) is 1.44. The van der Waals surface area contributed by atoms with Crippen LogP contribution in [0, 0.1) is 0 Å². The van der Waals surface area contributed by atoms with Gasteiger partial charge < -0.3 is 32.7 Å². The van der Waals surface area contributed by atoms with E-state index in [0.29, 0.717) is 19.5 Å². The largest absolute Gasteiger partial charge is 0.379 e. The molecule has 0 radical (unpaired) electrons. The number of nitrogens with two attached hydrogens (primary N) is 3. The lowest BCUT2D eigenvalue weighted by atomic mass is 10.3. The molecule has 3 atom stereocenters. The van der Waals surface area contributed by atoms with Gasteiger partial charge in [-0.05, 0) is 13.0 Å². The summed E-state index contributed by atoms with van der Waals surface area (Å²) < 4.78 is 0. The molecular weight excluding hydrogens is 160 g/mol. The summed E-state index contributed by atoms with van der Waals surface area (Å²) in [5.41, 5.74) is 15.6. The second kappa shape index (κ2) is 6.30. The highest BCUT2D eigenvalue weighted by molar-refractivity contribution is 4.68.